The molecular weight excluding hydrogens is 431 g/mol. The van der Waals surface area contributed by atoms with Crippen LogP contribution < -0.4 is 10.3 Å². The first-order valence-corrected chi connectivity index (χ1v) is 9.53. The summed E-state index contributed by atoms with van der Waals surface area (Å²) in [6.07, 6.45) is -4.80. The highest BCUT2D eigenvalue weighted by atomic mass is 35.5. The number of aryl methyl sites for hydroxylation is 2. The Bertz CT molecular complexity index is 1330. The van der Waals surface area contributed by atoms with Crippen LogP contribution in [0.5, 0.6) is 5.75 Å². The zero-order chi connectivity index (χ0) is 22.3. The van der Waals surface area contributed by atoms with Crippen molar-refractivity contribution in [3.8, 4) is 22.7 Å². The van der Waals surface area contributed by atoms with Crippen molar-refractivity contribution in [3.05, 3.63) is 81.2 Å². The SMILES string of the molecule is Cc1cc2c(-c3ccc(Cl)cc3)nn(-c3ccc(OC(F)(F)F)cc3)c(=O)c2nc1C. The largest absolute Gasteiger partial charge is 0.573 e. The molecule has 31 heavy (non-hydrogen) atoms. The number of pyridine rings is 1. The van der Waals surface area contributed by atoms with Crippen LogP contribution in [-0.2, 0) is 0 Å². The van der Waals surface area contributed by atoms with Crippen molar-refractivity contribution in [3.63, 3.8) is 0 Å². The molecular formula is C22H15ClF3N3O2. The second-order valence-electron chi connectivity index (χ2n) is 6.90. The Morgan fingerprint density at radius 3 is 2.26 bits per heavy atom. The number of alkyl halides is 3. The van der Waals surface area contributed by atoms with E-state index in [1.165, 1.54) is 12.1 Å². The Morgan fingerprint density at radius 2 is 1.65 bits per heavy atom. The summed E-state index contributed by atoms with van der Waals surface area (Å²) in [6, 6.07) is 13.7. The first-order chi connectivity index (χ1) is 14.6. The van der Waals surface area contributed by atoms with Crippen molar-refractivity contribution in [2.45, 2.75) is 20.2 Å². The van der Waals surface area contributed by atoms with Crippen LogP contribution in [0.3, 0.4) is 0 Å². The molecule has 0 aliphatic heterocycles. The first-order valence-electron chi connectivity index (χ1n) is 9.16. The Kier molecular flexibility index (Phi) is 5.18. The Hall–Kier alpha value is -3.39. The number of nitrogens with zero attached hydrogens (tertiary/aromatic N) is 3. The molecule has 2 aromatic heterocycles. The van der Waals surface area contributed by atoms with Crippen LogP contribution in [0.4, 0.5) is 13.2 Å². The van der Waals surface area contributed by atoms with Gasteiger partial charge in [0.2, 0.25) is 0 Å². The molecule has 0 fully saturated rings. The van der Waals surface area contributed by atoms with E-state index in [0.29, 0.717) is 27.4 Å². The number of halogens is 4. The van der Waals surface area contributed by atoms with Crippen LogP contribution in [0.1, 0.15) is 11.3 Å². The van der Waals surface area contributed by atoms with Gasteiger partial charge in [0, 0.05) is 21.7 Å². The maximum absolute atomic E-state index is 13.1. The molecule has 0 amide bonds. The summed E-state index contributed by atoms with van der Waals surface area (Å²) in [7, 11) is 0. The minimum absolute atomic E-state index is 0.207. The third-order valence-corrected chi connectivity index (χ3v) is 5.00. The van der Waals surface area contributed by atoms with Crippen LogP contribution in [0.25, 0.3) is 27.8 Å². The monoisotopic (exact) mass is 445 g/mol. The van der Waals surface area contributed by atoms with E-state index in [1.54, 1.807) is 31.2 Å². The number of aromatic nitrogens is 3. The number of benzene rings is 2. The summed E-state index contributed by atoms with van der Waals surface area (Å²) in [6.45, 7) is 3.68. The number of ether oxygens (including phenoxy) is 1. The second kappa shape index (κ2) is 7.70. The molecule has 158 valence electrons. The van der Waals surface area contributed by atoms with Crippen molar-refractivity contribution in [1.82, 2.24) is 14.8 Å². The fraction of sp³-hybridized carbons (Fsp3) is 0.136. The molecule has 0 atom stereocenters. The van der Waals surface area contributed by atoms with Gasteiger partial charge >= 0.3 is 6.36 Å². The molecule has 0 aliphatic carbocycles. The zero-order valence-electron chi connectivity index (χ0n) is 16.4. The lowest BCUT2D eigenvalue weighted by atomic mass is 10.1. The highest BCUT2D eigenvalue weighted by molar-refractivity contribution is 6.30. The molecule has 4 rings (SSSR count). The molecule has 0 saturated heterocycles. The number of rotatable bonds is 3. The molecule has 0 spiro atoms. The van der Waals surface area contributed by atoms with E-state index in [0.717, 1.165) is 22.4 Å². The fourth-order valence-electron chi connectivity index (χ4n) is 3.13. The van der Waals surface area contributed by atoms with Gasteiger partial charge < -0.3 is 4.74 Å². The van der Waals surface area contributed by atoms with E-state index in [2.05, 4.69) is 14.8 Å². The van der Waals surface area contributed by atoms with Gasteiger partial charge in [-0.15, -0.1) is 13.2 Å². The molecule has 0 saturated carbocycles. The van der Waals surface area contributed by atoms with Crippen LogP contribution in [0.2, 0.25) is 5.02 Å². The summed E-state index contributed by atoms with van der Waals surface area (Å²) in [5.41, 5.74) is 2.80. The van der Waals surface area contributed by atoms with E-state index in [9.17, 15) is 18.0 Å². The van der Waals surface area contributed by atoms with Crippen LogP contribution in [0, 0.1) is 13.8 Å². The van der Waals surface area contributed by atoms with Crippen molar-refractivity contribution < 1.29 is 17.9 Å². The first kappa shape index (κ1) is 20.9. The highest BCUT2D eigenvalue weighted by Gasteiger charge is 2.31. The molecule has 2 heterocycles. The predicted octanol–water partition coefficient (Wildman–Crippen LogP) is 5.62. The zero-order valence-corrected chi connectivity index (χ0v) is 17.1. The third-order valence-electron chi connectivity index (χ3n) is 4.75. The summed E-state index contributed by atoms with van der Waals surface area (Å²) in [5.74, 6) is -0.396. The summed E-state index contributed by atoms with van der Waals surface area (Å²) in [5, 5.41) is 5.62. The van der Waals surface area contributed by atoms with E-state index in [4.69, 9.17) is 11.6 Å². The van der Waals surface area contributed by atoms with E-state index >= 15 is 0 Å². The van der Waals surface area contributed by atoms with E-state index < -0.39 is 17.7 Å². The average molecular weight is 446 g/mol. The number of fused-ring (bicyclic) bond motifs is 1. The molecule has 0 radical (unpaired) electrons. The molecule has 0 bridgehead atoms. The maximum Gasteiger partial charge on any atom is 0.573 e. The van der Waals surface area contributed by atoms with Crippen LogP contribution in [0.15, 0.2) is 59.4 Å². The maximum atomic E-state index is 13.1. The van der Waals surface area contributed by atoms with Gasteiger partial charge in [0.1, 0.15) is 17.0 Å². The number of hydrogen-bond donors (Lipinski definition) is 0. The average Bonchev–Trinajstić information content (AvgIpc) is 2.70. The van der Waals surface area contributed by atoms with E-state index in [-0.39, 0.29) is 11.2 Å². The highest BCUT2D eigenvalue weighted by Crippen LogP contribution is 2.28. The van der Waals surface area contributed by atoms with Crippen molar-refractivity contribution in [2.24, 2.45) is 0 Å². The normalized spacial score (nSPS) is 11.7. The lowest BCUT2D eigenvalue weighted by Gasteiger charge is -2.13. The fourth-order valence-corrected chi connectivity index (χ4v) is 3.26. The molecule has 4 aromatic rings. The molecule has 0 aliphatic rings. The minimum atomic E-state index is -4.80. The lowest BCUT2D eigenvalue weighted by molar-refractivity contribution is -0.274. The van der Waals surface area contributed by atoms with Crippen molar-refractivity contribution in [2.75, 3.05) is 0 Å². The number of hydrogen-bond acceptors (Lipinski definition) is 4. The summed E-state index contributed by atoms with van der Waals surface area (Å²) < 4.78 is 42.3. The summed E-state index contributed by atoms with van der Waals surface area (Å²) >= 11 is 6.00. The molecule has 2 aromatic carbocycles. The van der Waals surface area contributed by atoms with Gasteiger partial charge in [-0.1, -0.05) is 23.7 Å². The second-order valence-corrected chi connectivity index (χ2v) is 7.34. The topological polar surface area (TPSA) is 57.0 Å². The summed E-state index contributed by atoms with van der Waals surface area (Å²) in [4.78, 5) is 17.6. The Labute approximate surface area is 179 Å². The smallest absolute Gasteiger partial charge is 0.406 e. The van der Waals surface area contributed by atoms with Crippen LogP contribution >= 0.6 is 11.6 Å². The van der Waals surface area contributed by atoms with Gasteiger partial charge in [-0.2, -0.15) is 9.78 Å². The minimum Gasteiger partial charge on any atom is -0.406 e. The van der Waals surface area contributed by atoms with Crippen molar-refractivity contribution in [1.29, 1.82) is 0 Å². The van der Waals surface area contributed by atoms with Gasteiger partial charge in [0.25, 0.3) is 5.56 Å². The van der Waals surface area contributed by atoms with Gasteiger partial charge in [0.15, 0.2) is 0 Å². The predicted molar refractivity (Wildman–Crippen MR) is 112 cm³/mol. The van der Waals surface area contributed by atoms with E-state index in [1.807, 2.05) is 13.0 Å². The Balaban J connectivity index is 1.94. The van der Waals surface area contributed by atoms with Gasteiger partial charge in [-0.25, -0.2) is 4.98 Å². The van der Waals surface area contributed by atoms with Gasteiger partial charge in [-0.3, -0.25) is 4.79 Å². The molecule has 0 unspecified atom stereocenters. The molecule has 0 N–H and O–H groups in total. The van der Waals surface area contributed by atoms with Gasteiger partial charge in [0.05, 0.1) is 5.69 Å². The van der Waals surface area contributed by atoms with Crippen LogP contribution in [-0.4, -0.2) is 21.1 Å². The lowest BCUT2D eigenvalue weighted by Crippen LogP contribution is -2.23. The standard InChI is InChI=1S/C22H15ClF3N3O2/c1-12-11-18-19(14-3-5-15(23)6-4-14)28-29(21(30)20(18)27-13(12)2)16-7-9-17(10-8-16)31-22(24,25)26/h3-11H,1-2H3. The quantitative estimate of drug-likeness (QED) is 0.411. The Morgan fingerprint density at radius 1 is 1.00 bits per heavy atom. The van der Waals surface area contributed by atoms with Crippen molar-refractivity contribution >= 4 is 22.5 Å². The third kappa shape index (κ3) is 4.25. The molecule has 9 heteroatoms. The van der Waals surface area contributed by atoms with Gasteiger partial charge in [-0.05, 0) is 61.9 Å². The molecule has 5 nitrogen and oxygen atoms in total.